The summed E-state index contributed by atoms with van der Waals surface area (Å²) in [4.78, 5) is 3.82. The van der Waals surface area contributed by atoms with Gasteiger partial charge in [0, 0.05) is 35.1 Å². The summed E-state index contributed by atoms with van der Waals surface area (Å²) in [5.41, 5.74) is 12.9. The highest BCUT2D eigenvalue weighted by Gasteiger charge is 2.14. The van der Waals surface area contributed by atoms with Crippen molar-refractivity contribution in [3.8, 4) is 5.75 Å². The van der Waals surface area contributed by atoms with E-state index in [1.807, 2.05) is 0 Å². The number of H-pyrrole nitrogens is 1. The van der Waals surface area contributed by atoms with E-state index in [9.17, 15) is 10.2 Å². The van der Waals surface area contributed by atoms with Crippen LogP contribution in [-0.4, -0.2) is 34.8 Å². The topological polar surface area (TPSA) is 106 Å². The van der Waals surface area contributed by atoms with E-state index >= 15 is 0 Å². The van der Waals surface area contributed by atoms with Gasteiger partial charge in [-0.2, -0.15) is 0 Å². The van der Waals surface area contributed by atoms with Crippen LogP contribution in [0.2, 0.25) is 0 Å². The molecule has 0 saturated heterocycles. The Kier molecular flexibility index (Phi) is 8.36. The number of aryl methyl sites for hydroxylation is 1. The number of nitrogens with one attached hydrogen (secondary N) is 3. The first-order valence-corrected chi connectivity index (χ1v) is 12.4. The lowest BCUT2D eigenvalue weighted by molar-refractivity contribution is 0.172. The van der Waals surface area contributed by atoms with Gasteiger partial charge in [-0.25, -0.2) is 0 Å². The van der Waals surface area contributed by atoms with Gasteiger partial charge in [0.1, 0.15) is 5.75 Å². The third kappa shape index (κ3) is 6.18. The van der Waals surface area contributed by atoms with Crippen LogP contribution in [0.1, 0.15) is 33.9 Å². The molecular formula is C28H34N4O2S. The number of benzene rings is 3. The smallest absolute Gasteiger partial charge is 0.139 e. The standard InChI is InChI=1S/C28H34N4O2S/c1-18-3-2-4-22-21(16-32-27(18)22)12-14-30-15-20-7-5-19(6-8-20)11-13-31-17-25(34)23-9-10-24(33)26(29)28(23)35/h2-10,16,25,30-35H,11-15,17,29H2,1H3. The van der Waals surface area contributed by atoms with E-state index < -0.39 is 6.10 Å². The molecule has 1 atom stereocenters. The summed E-state index contributed by atoms with van der Waals surface area (Å²) in [6, 6.07) is 18.2. The van der Waals surface area contributed by atoms with Gasteiger partial charge in [0.2, 0.25) is 0 Å². The second-order valence-electron chi connectivity index (χ2n) is 8.96. The molecule has 6 nitrogen and oxygen atoms in total. The van der Waals surface area contributed by atoms with Gasteiger partial charge >= 0.3 is 0 Å². The number of hydrogen-bond donors (Lipinski definition) is 7. The zero-order chi connectivity index (χ0) is 24.8. The summed E-state index contributed by atoms with van der Waals surface area (Å²) in [5.74, 6) is -0.0260. The molecule has 0 fully saturated rings. The van der Waals surface area contributed by atoms with E-state index in [1.165, 1.54) is 39.2 Å². The zero-order valence-electron chi connectivity index (χ0n) is 20.0. The molecule has 35 heavy (non-hydrogen) atoms. The number of nitrogens with two attached hydrogens (primary N) is 1. The van der Waals surface area contributed by atoms with Crippen molar-refractivity contribution in [1.29, 1.82) is 0 Å². The first-order chi connectivity index (χ1) is 16.9. The maximum absolute atomic E-state index is 10.4. The lowest BCUT2D eigenvalue weighted by Crippen LogP contribution is -2.24. The quantitative estimate of drug-likeness (QED) is 0.0737. The number of fused-ring (bicyclic) bond motifs is 1. The Labute approximate surface area is 212 Å². The molecule has 0 saturated carbocycles. The Hall–Kier alpha value is -2.97. The summed E-state index contributed by atoms with van der Waals surface area (Å²) >= 11 is 4.32. The van der Waals surface area contributed by atoms with Gasteiger partial charge in [-0.1, -0.05) is 48.5 Å². The molecule has 1 heterocycles. The van der Waals surface area contributed by atoms with E-state index in [0.717, 1.165) is 32.5 Å². The number of thiol groups is 1. The minimum absolute atomic E-state index is 0.0260. The number of hydrogen-bond acceptors (Lipinski definition) is 6. The normalized spacial score (nSPS) is 12.3. The second kappa shape index (κ2) is 11.6. The molecule has 0 bridgehead atoms. The number of phenols is 1. The first kappa shape index (κ1) is 25.1. The molecule has 4 aromatic rings. The monoisotopic (exact) mass is 490 g/mol. The molecule has 3 aromatic carbocycles. The summed E-state index contributed by atoms with van der Waals surface area (Å²) in [6.07, 6.45) is 3.24. The van der Waals surface area contributed by atoms with Crippen molar-refractivity contribution in [3.63, 3.8) is 0 Å². The molecule has 0 amide bonds. The number of para-hydroxylation sites is 1. The predicted octanol–water partition coefficient (Wildman–Crippen LogP) is 4.25. The van der Waals surface area contributed by atoms with Crippen LogP contribution in [0.15, 0.2) is 65.7 Å². The van der Waals surface area contributed by atoms with Crippen LogP contribution in [0.4, 0.5) is 5.69 Å². The van der Waals surface area contributed by atoms with Crippen molar-refractivity contribution in [3.05, 3.63) is 88.6 Å². The molecule has 4 rings (SSSR count). The molecule has 1 unspecified atom stereocenters. The van der Waals surface area contributed by atoms with Crippen LogP contribution in [0.3, 0.4) is 0 Å². The molecule has 7 heteroatoms. The highest BCUT2D eigenvalue weighted by atomic mass is 32.1. The van der Waals surface area contributed by atoms with Crippen molar-refractivity contribution < 1.29 is 10.2 Å². The number of aliphatic hydroxyl groups excluding tert-OH is 1. The van der Waals surface area contributed by atoms with Gasteiger partial charge in [0.05, 0.1) is 11.8 Å². The third-order valence-corrected chi connectivity index (χ3v) is 6.94. The van der Waals surface area contributed by atoms with Crippen molar-refractivity contribution in [1.82, 2.24) is 15.6 Å². The minimum atomic E-state index is -0.743. The molecular weight excluding hydrogens is 456 g/mol. The maximum Gasteiger partial charge on any atom is 0.139 e. The largest absolute Gasteiger partial charge is 0.506 e. The third-order valence-electron chi connectivity index (χ3n) is 6.45. The van der Waals surface area contributed by atoms with Crippen molar-refractivity contribution in [2.75, 3.05) is 25.4 Å². The van der Waals surface area contributed by atoms with E-state index in [4.69, 9.17) is 5.73 Å². The van der Waals surface area contributed by atoms with Gasteiger partial charge < -0.3 is 31.6 Å². The fourth-order valence-corrected chi connectivity index (χ4v) is 4.65. The Morgan fingerprint density at radius 3 is 2.51 bits per heavy atom. The van der Waals surface area contributed by atoms with Crippen molar-refractivity contribution in [2.45, 2.75) is 37.3 Å². The number of rotatable bonds is 11. The summed E-state index contributed by atoms with van der Waals surface area (Å²) in [7, 11) is 0. The number of aromatic amines is 1. The van der Waals surface area contributed by atoms with Gasteiger partial charge in [0.25, 0.3) is 0 Å². The SMILES string of the molecule is Cc1cccc2c(CCNCc3ccc(CCNCC(O)c4ccc(O)c(N)c4S)cc3)c[nH]c12. The minimum Gasteiger partial charge on any atom is -0.506 e. The van der Waals surface area contributed by atoms with E-state index in [2.05, 4.69) is 83.8 Å². The number of aromatic nitrogens is 1. The molecule has 7 N–H and O–H groups in total. The molecule has 0 aliphatic rings. The van der Waals surface area contributed by atoms with Crippen LogP contribution in [0.25, 0.3) is 10.9 Å². The van der Waals surface area contributed by atoms with Crippen molar-refractivity contribution in [2.24, 2.45) is 0 Å². The van der Waals surface area contributed by atoms with Gasteiger partial charge in [0.15, 0.2) is 0 Å². The van der Waals surface area contributed by atoms with Crippen LogP contribution < -0.4 is 16.4 Å². The van der Waals surface area contributed by atoms with Gasteiger partial charge in [-0.05, 0) is 66.7 Å². The zero-order valence-corrected chi connectivity index (χ0v) is 20.9. The number of aromatic hydroxyl groups is 1. The molecule has 184 valence electrons. The van der Waals surface area contributed by atoms with Crippen molar-refractivity contribution >= 4 is 29.2 Å². The number of phenolic OH excluding ortho intramolecular Hbond substituents is 1. The average Bonchev–Trinajstić information content (AvgIpc) is 3.28. The fourth-order valence-electron chi connectivity index (χ4n) is 4.31. The predicted molar refractivity (Wildman–Crippen MR) is 146 cm³/mol. The van der Waals surface area contributed by atoms with Crippen LogP contribution in [-0.2, 0) is 19.4 Å². The Morgan fingerprint density at radius 2 is 1.71 bits per heavy atom. The van der Waals surface area contributed by atoms with Gasteiger partial charge in [-0.15, -0.1) is 12.6 Å². The van der Waals surface area contributed by atoms with E-state index in [1.54, 1.807) is 6.07 Å². The molecule has 1 aromatic heterocycles. The number of nitrogen functional groups attached to an aromatic ring is 1. The van der Waals surface area contributed by atoms with E-state index in [0.29, 0.717) is 17.0 Å². The number of aliphatic hydroxyl groups is 1. The van der Waals surface area contributed by atoms with Gasteiger partial charge in [-0.3, -0.25) is 0 Å². The molecule has 0 radical (unpaired) electrons. The number of anilines is 1. The maximum atomic E-state index is 10.4. The summed E-state index contributed by atoms with van der Waals surface area (Å²) in [6.45, 7) is 5.03. The fraction of sp³-hybridized carbons (Fsp3) is 0.286. The molecule has 0 spiro atoms. The molecule has 0 aliphatic carbocycles. The van der Waals surface area contributed by atoms with Crippen LogP contribution in [0.5, 0.6) is 5.75 Å². The first-order valence-electron chi connectivity index (χ1n) is 12.0. The average molecular weight is 491 g/mol. The highest BCUT2D eigenvalue weighted by molar-refractivity contribution is 7.80. The molecule has 0 aliphatic heterocycles. The van der Waals surface area contributed by atoms with E-state index in [-0.39, 0.29) is 11.4 Å². The van der Waals surface area contributed by atoms with Crippen LogP contribution >= 0.6 is 12.6 Å². The lowest BCUT2D eigenvalue weighted by atomic mass is 10.1. The lowest BCUT2D eigenvalue weighted by Gasteiger charge is -2.16. The summed E-state index contributed by atoms with van der Waals surface area (Å²) < 4.78 is 0. The highest BCUT2D eigenvalue weighted by Crippen LogP contribution is 2.33. The second-order valence-corrected chi connectivity index (χ2v) is 9.41. The Balaban J connectivity index is 1.17. The van der Waals surface area contributed by atoms with Crippen LogP contribution in [0, 0.1) is 6.92 Å². The Morgan fingerprint density at radius 1 is 0.971 bits per heavy atom. The Bertz CT molecular complexity index is 1270. The summed E-state index contributed by atoms with van der Waals surface area (Å²) in [5, 5.41) is 28.2.